The zero-order valence-corrected chi connectivity index (χ0v) is 13.6. The molecule has 0 radical (unpaired) electrons. The van der Waals surface area contributed by atoms with E-state index < -0.39 is 5.97 Å². The van der Waals surface area contributed by atoms with Gasteiger partial charge in [0.05, 0.1) is 16.7 Å². The number of carbonyl (C=O) groups excluding carboxylic acids is 1. The van der Waals surface area contributed by atoms with Crippen molar-refractivity contribution in [2.45, 2.75) is 19.4 Å². The Labute approximate surface area is 137 Å². The molecule has 0 unspecified atom stereocenters. The normalized spacial score (nSPS) is 11.7. The molecular weight excluding hydrogens is 318 g/mol. The van der Waals surface area contributed by atoms with Crippen molar-refractivity contribution < 1.29 is 14.7 Å². The summed E-state index contributed by atoms with van der Waals surface area (Å²) < 4.78 is 0. The maximum absolute atomic E-state index is 12.1. The highest BCUT2D eigenvalue weighted by Gasteiger charge is 2.18. The minimum absolute atomic E-state index is 0.0332. The van der Waals surface area contributed by atoms with E-state index in [0.717, 1.165) is 5.69 Å². The van der Waals surface area contributed by atoms with Crippen molar-refractivity contribution in [3.63, 3.8) is 0 Å². The third-order valence-electron chi connectivity index (χ3n) is 3.32. The van der Waals surface area contributed by atoms with Gasteiger partial charge in [0.15, 0.2) is 5.69 Å². The van der Waals surface area contributed by atoms with Crippen LogP contribution in [0.1, 0.15) is 34.2 Å². The summed E-state index contributed by atoms with van der Waals surface area (Å²) in [4.78, 5) is 36.4. The van der Waals surface area contributed by atoms with Crippen LogP contribution in [0.3, 0.4) is 0 Å². The summed E-state index contributed by atoms with van der Waals surface area (Å²) in [5, 5.41) is 13.8. The maximum Gasteiger partial charge on any atom is 0.355 e. The summed E-state index contributed by atoms with van der Waals surface area (Å²) in [5.74, 6) is -1.05. The molecule has 0 aliphatic heterocycles. The van der Waals surface area contributed by atoms with Crippen molar-refractivity contribution in [2.75, 3.05) is 13.6 Å². The van der Waals surface area contributed by atoms with Gasteiger partial charge in [-0.15, -0.1) is 11.3 Å². The Hall–Kier alpha value is -2.55. The Balaban J connectivity index is 1.83. The molecule has 8 nitrogen and oxygen atoms in total. The summed E-state index contributed by atoms with van der Waals surface area (Å²) >= 11 is 1.27. The Morgan fingerprint density at radius 1 is 1.48 bits per heavy atom. The van der Waals surface area contributed by atoms with Crippen molar-refractivity contribution in [1.82, 2.24) is 25.2 Å². The fraction of sp³-hybridized carbons (Fsp3) is 0.357. The molecule has 0 aliphatic rings. The number of carbonyl (C=O) groups is 2. The Morgan fingerprint density at radius 2 is 2.26 bits per heavy atom. The molecule has 2 heterocycles. The Bertz CT molecular complexity index is 676. The summed E-state index contributed by atoms with van der Waals surface area (Å²) in [7, 11) is 1.69. The van der Waals surface area contributed by atoms with Crippen molar-refractivity contribution in [3.05, 3.63) is 40.4 Å². The van der Waals surface area contributed by atoms with Crippen LogP contribution in [-0.4, -0.2) is 50.6 Å². The number of hydrogen-bond donors (Lipinski definition) is 2. The molecular formula is C14H17N5O3S. The van der Waals surface area contributed by atoms with E-state index in [0.29, 0.717) is 18.0 Å². The second-order valence-corrected chi connectivity index (χ2v) is 5.78. The molecule has 0 saturated heterocycles. The van der Waals surface area contributed by atoms with Crippen molar-refractivity contribution >= 4 is 23.3 Å². The lowest BCUT2D eigenvalue weighted by Crippen LogP contribution is -2.39. The largest absolute Gasteiger partial charge is 0.476 e. The van der Waals surface area contributed by atoms with Crippen molar-refractivity contribution in [1.29, 1.82) is 0 Å². The Morgan fingerprint density at radius 3 is 2.87 bits per heavy atom. The van der Waals surface area contributed by atoms with Crippen LogP contribution in [0.4, 0.5) is 4.79 Å². The van der Waals surface area contributed by atoms with Gasteiger partial charge < -0.3 is 15.3 Å². The number of urea groups is 1. The highest BCUT2D eigenvalue weighted by Crippen LogP contribution is 2.15. The van der Waals surface area contributed by atoms with Gasteiger partial charge in [0.1, 0.15) is 6.33 Å². The van der Waals surface area contributed by atoms with Crippen molar-refractivity contribution in [2.24, 2.45) is 0 Å². The lowest BCUT2D eigenvalue weighted by molar-refractivity contribution is 0.0691. The highest BCUT2D eigenvalue weighted by atomic mass is 32.1. The van der Waals surface area contributed by atoms with Crippen molar-refractivity contribution in [3.8, 4) is 0 Å². The number of nitrogens with zero attached hydrogens (tertiary/aromatic N) is 4. The van der Waals surface area contributed by atoms with Crippen LogP contribution >= 0.6 is 11.3 Å². The van der Waals surface area contributed by atoms with E-state index in [9.17, 15) is 9.59 Å². The minimum Gasteiger partial charge on any atom is -0.476 e. The van der Waals surface area contributed by atoms with Gasteiger partial charge in [-0.2, -0.15) is 0 Å². The smallest absolute Gasteiger partial charge is 0.355 e. The second-order valence-electron chi connectivity index (χ2n) is 4.83. The number of rotatable bonds is 6. The summed E-state index contributed by atoms with van der Waals surface area (Å²) in [6.07, 6.45) is 3.56. The van der Waals surface area contributed by atoms with Crippen LogP contribution in [0.5, 0.6) is 0 Å². The average Bonchev–Trinajstić information content (AvgIpc) is 3.03. The number of hydrogen-bond acceptors (Lipinski definition) is 6. The van der Waals surface area contributed by atoms with Gasteiger partial charge in [0, 0.05) is 31.6 Å². The molecule has 2 amide bonds. The molecule has 2 aromatic heterocycles. The van der Waals surface area contributed by atoms with Gasteiger partial charge >= 0.3 is 12.0 Å². The van der Waals surface area contributed by atoms with E-state index in [1.54, 1.807) is 24.2 Å². The molecule has 0 bridgehead atoms. The van der Waals surface area contributed by atoms with Crippen LogP contribution in [0, 0.1) is 0 Å². The van der Waals surface area contributed by atoms with E-state index in [1.807, 2.05) is 6.92 Å². The van der Waals surface area contributed by atoms with E-state index in [4.69, 9.17) is 5.11 Å². The monoisotopic (exact) mass is 335 g/mol. The number of carboxylic acids is 1. The van der Waals surface area contributed by atoms with Gasteiger partial charge in [-0.1, -0.05) is 0 Å². The second kappa shape index (κ2) is 7.63. The lowest BCUT2D eigenvalue weighted by Gasteiger charge is -2.24. The SMILES string of the molecule is C[C@H](c1ccncn1)N(C)C(=O)NCCc1nc(C(=O)O)cs1. The average molecular weight is 335 g/mol. The number of nitrogens with one attached hydrogen (secondary N) is 1. The van der Waals surface area contributed by atoms with E-state index >= 15 is 0 Å². The number of thiazole rings is 1. The quantitative estimate of drug-likeness (QED) is 0.829. The van der Waals surface area contributed by atoms with E-state index in [2.05, 4.69) is 20.3 Å². The number of carboxylic acid groups (broad SMARTS) is 1. The molecule has 0 saturated carbocycles. The molecule has 1 atom stereocenters. The van der Waals surface area contributed by atoms with Crippen LogP contribution in [-0.2, 0) is 6.42 Å². The molecule has 0 aromatic carbocycles. The van der Waals surface area contributed by atoms with E-state index in [-0.39, 0.29) is 17.8 Å². The molecule has 23 heavy (non-hydrogen) atoms. The molecule has 0 spiro atoms. The number of aromatic nitrogens is 3. The first kappa shape index (κ1) is 16.8. The fourth-order valence-corrected chi connectivity index (χ4v) is 2.62. The highest BCUT2D eigenvalue weighted by molar-refractivity contribution is 7.09. The zero-order chi connectivity index (χ0) is 16.8. The van der Waals surface area contributed by atoms with Gasteiger partial charge in [-0.05, 0) is 13.0 Å². The zero-order valence-electron chi connectivity index (χ0n) is 12.8. The first-order chi connectivity index (χ1) is 11.0. The predicted molar refractivity (Wildman–Crippen MR) is 84.4 cm³/mol. The van der Waals surface area contributed by atoms with Gasteiger partial charge in [-0.3, -0.25) is 0 Å². The topological polar surface area (TPSA) is 108 Å². The summed E-state index contributed by atoms with van der Waals surface area (Å²) in [6, 6.07) is 1.35. The van der Waals surface area contributed by atoms with Gasteiger partial charge in [0.2, 0.25) is 0 Å². The number of aromatic carboxylic acids is 1. The van der Waals surface area contributed by atoms with E-state index in [1.165, 1.54) is 23.0 Å². The Kier molecular flexibility index (Phi) is 5.58. The molecule has 2 rings (SSSR count). The first-order valence-corrected chi connectivity index (χ1v) is 7.81. The van der Waals surface area contributed by atoms with Crippen LogP contribution in [0.15, 0.2) is 24.0 Å². The fourth-order valence-electron chi connectivity index (χ4n) is 1.85. The third-order valence-corrected chi connectivity index (χ3v) is 4.23. The minimum atomic E-state index is -1.05. The summed E-state index contributed by atoms with van der Waals surface area (Å²) in [6.45, 7) is 2.26. The molecule has 0 aliphatic carbocycles. The third kappa shape index (κ3) is 4.46. The summed E-state index contributed by atoms with van der Waals surface area (Å²) in [5.41, 5.74) is 0.787. The predicted octanol–water partition coefficient (Wildman–Crippen LogP) is 1.58. The molecule has 0 fully saturated rings. The molecule has 2 aromatic rings. The first-order valence-electron chi connectivity index (χ1n) is 6.93. The van der Waals surface area contributed by atoms with Gasteiger partial charge in [-0.25, -0.2) is 24.5 Å². The molecule has 2 N–H and O–H groups in total. The lowest BCUT2D eigenvalue weighted by atomic mass is 10.2. The van der Waals surface area contributed by atoms with Crippen LogP contribution < -0.4 is 5.32 Å². The standard InChI is InChI=1S/C14H17N5O3S/c1-9(10-3-5-15-8-17-10)19(2)14(22)16-6-4-12-18-11(7-23-12)13(20)21/h3,5,7-9H,4,6H2,1-2H3,(H,16,22)(H,20,21)/t9-/m1/s1. The number of amides is 2. The molecule has 9 heteroatoms. The van der Waals surface area contributed by atoms with Crippen LogP contribution in [0.25, 0.3) is 0 Å². The van der Waals surface area contributed by atoms with Crippen LogP contribution in [0.2, 0.25) is 0 Å². The molecule has 122 valence electrons. The maximum atomic E-state index is 12.1. The van der Waals surface area contributed by atoms with Gasteiger partial charge in [0.25, 0.3) is 0 Å².